The molecule has 90 valence electrons. The molecule has 0 unspecified atom stereocenters. The highest BCUT2D eigenvalue weighted by Gasteiger charge is 2.15. The molecule has 0 radical (unpaired) electrons. The summed E-state index contributed by atoms with van der Waals surface area (Å²) in [5.74, 6) is 0.383. The van der Waals surface area contributed by atoms with Gasteiger partial charge in [0, 0.05) is 13.0 Å². The third kappa shape index (κ3) is 4.63. The monoisotopic (exact) mass is 228 g/mol. The number of anilines is 1. The Bertz CT molecular complexity index is 356. The second kappa shape index (κ2) is 4.82. The van der Waals surface area contributed by atoms with E-state index in [4.69, 9.17) is 14.9 Å². The van der Waals surface area contributed by atoms with Crippen LogP contribution in [0.5, 0.6) is 0 Å². The summed E-state index contributed by atoms with van der Waals surface area (Å²) in [6, 6.07) is 0.0206. The quantitative estimate of drug-likeness (QED) is 0.790. The molecule has 16 heavy (non-hydrogen) atoms. The van der Waals surface area contributed by atoms with Gasteiger partial charge in [-0.15, -0.1) is 5.10 Å². The topological polar surface area (TPSA) is 103 Å². The maximum atomic E-state index is 11.2. The highest BCUT2D eigenvalue weighted by atomic mass is 16.6. The van der Waals surface area contributed by atoms with E-state index in [1.807, 2.05) is 0 Å². The van der Waals surface area contributed by atoms with Gasteiger partial charge in [-0.25, -0.2) is 4.79 Å². The van der Waals surface area contributed by atoms with E-state index in [-0.39, 0.29) is 6.01 Å². The highest BCUT2D eigenvalue weighted by Crippen LogP contribution is 2.06. The van der Waals surface area contributed by atoms with Gasteiger partial charge in [-0.1, -0.05) is 5.10 Å². The summed E-state index contributed by atoms with van der Waals surface area (Å²) in [5, 5.41) is 9.71. The van der Waals surface area contributed by atoms with Gasteiger partial charge in [0.2, 0.25) is 5.89 Å². The van der Waals surface area contributed by atoms with Crippen LogP contribution in [0.25, 0.3) is 0 Å². The lowest BCUT2D eigenvalue weighted by atomic mass is 10.2. The van der Waals surface area contributed by atoms with Crippen LogP contribution in [0.1, 0.15) is 26.7 Å². The van der Waals surface area contributed by atoms with Gasteiger partial charge in [-0.05, 0) is 20.8 Å². The van der Waals surface area contributed by atoms with Gasteiger partial charge in [0.25, 0.3) is 0 Å². The summed E-state index contributed by atoms with van der Waals surface area (Å²) in [6.45, 7) is 5.75. The van der Waals surface area contributed by atoms with Crippen LogP contribution in [0, 0.1) is 0 Å². The first-order chi connectivity index (χ1) is 7.37. The molecule has 1 heterocycles. The fourth-order valence-electron chi connectivity index (χ4n) is 0.953. The van der Waals surface area contributed by atoms with Crippen molar-refractivity contribution in [1.29, 1.82) is 0 Å². The Labute approximate surface area is 93.4 Å². The Morgan fingerprint density at radius 3 is 2.69 bits per heavy atom. The molecule has 0 aromatic carbocycles. The average molecular weight is 228 g/mol. The van der Waals surface area contributed by atoms with Crippen molar-refractivity contribution in [2.45, 2.75) is 32.8 Å². The Balaban J connectivity index is 2.23. The maximum Gasteiger partial charge on any atom is 0.407 e. The third-order valence-corrected chi connectivity index (χ3v) is 1.49. The number of nitrogens with one attached hydrogen (secondary N) is 1. The van der Waals surface area contributed by atoms with Crippen molar-refractivity contribution < 1.29 is 13.9 Å². The first-order valence-corrected chi connectivity index (χ1v) is 4.91. The maximum absolute atomic E-state index is 11.2. The van der Waals surface area contributed by atoms with Crippen molar-refractivity contribution >= 4 is 12.1 Å². The fraction of sp³-hybridized carbons (Fsp3) is 0.667. The normalized spacial score (nSPS) is 11.2. The van der Waals surface area contributed by atoms with Crippen LogP contribution in [0.3, 0.4) is 0 Å². The molecule has 0 atom stereocenters. The van der Waals surface area contributed by atoms with E-state index < -0.39 is 11.7 Å². The molecule has 1 aromatic rings. The Morgan fingerprint density at radius 2 is 2.19 bits per heavy atom. The fourth-order valence-corrected chi connectivity index (χ4v) is 0.953. The molecular weight excluding hydrogens is 212 g/mol. The number of carbonyl (C=O) groups excluding carboxylic acids is 1. The summed E-state index contributed by atoms with van der Waals surface area (Å²) in [6.07, 6.45) is -0.0522. The van der Waals surface area contributed by atoms with Crippen molar-refractivity contribution in [3.8, 4) is 0 Å². The largest absolute Gasteiger partial charge is 0.444 e. The van der Waals surface area contributed by atoms with E-state index in [9.17, 15) is 4.79 Å². The van der Waals surface area contributed by atoms with Gasteiger partial charge in [0.05, 0.1) is 0 Å². The minimum absolute atomic E-state index is 0.0206. The van der Waals surface area contributed by atoms with Crippen molar-refractivity contribution in [3.05, 3.63) is 5.89 Å². The van der Waals surface area contributed by atoms with Crippen LogP contribution in [0.15, 0.2) is 4.42 Å². The van der Waals surface area contributed by atoms with Gasteiger partial charge < -0.3 is 20.2 Å². The number of hydrogen-bond donors (Lipinski definition) is 2. The molecule has 0 aliphatic carbocycles. The van der Waals surface area contributed by atoms with E-state index in [0.29, 0.717) is 18.9 Å². The number of nitrogen functional groups attached to an aromatic ring is 1. The molecule has 0 aliphatic heterocycles. The Hall–Kier alpha value is -1.79. The van der Waals surface area contributed by atoms with Crippen LogP contribution in [-0.4, -0.2) is 28.4 Å². The lowest BCUT2D eigenvalue weighted by Gasteiger charge is -2.19. The molecule has 0 saturated heterocycles. The second-order valence-corrected chi connectivity index (χ2v) is 4.21. The van der Waals surface area contributed by atoms with Crippen molar-refractivity contribution in [2.24, 2.45) is 0 Å². The van der Waals surface area contributed by atoms with Crippen LogP contribution in [0.2, 0.25) is 0 Å². The molecule has 0 aliphatic rings. The van der Waals surface area contributed by atoms with E-state index in [1.165, 1.54) is 0 Å². The Morgan fingerprint density at radius 1 is 1.50 bits per heavy atom. The summed E-state index contributed by atoms with van der Waals surface area (Å²) >= 11 is 0. The summed E-state index contributed by atoms with van der Waals surface area (Å²) in [5.41, 5.74) is 4.74. The van der Waals surface area contributed by atoms with E-state index in [0.717, 1.165) is 0 Å². The molecule has 0 saturated carbocycles. The van der Waals surface area contributed by atoms with E-state index in [2.05, 4.69) is 15.5 Å². The molecule has 1 amide bonds. The SMILES string of the molecule is CC(C)(C)OC(=O)NCCc1nnc(N)o1. The van der Waals surface area contributed by atoms with Crippen LogP contribution >= 0.6 is 0 Å². The van der Waals surface area contributed by atoms with Gasteiger partial charge in [-0.3, -0.25) is 0 Å². The first-order valence-electron chi connectivity index (χ1n) is 4.91. The van der Waals surface area contributed by atoms with Crippen LogP contribution in [-0.2, 0) is 11.2 Å². The zero-order valence-corrected chi connectivity index (χ0v) is 9.61. The molecule has 1 aromatic heterocycles. The minimum atomic E-state index is -0.501. The van der Waals surface area contributed by atoms with Crippen molar-refractivity contribution in [2.75, 3.05) is 12.3 Å². The molecule has 0 fully saturated rings. The van der Waals surface area contributed by atoms with Crippen LogP contribution < -0.4 is 11.1 Å². The summed E-state index contributed by atoms with van der Waals surface area (Å²) < 4.78 is 9.97. The standard InChI is InChI=1S/C9H16N4O3/c1-9(2,3)16-8(14)11-5-4-6-12-13-7(10)15-6/h4-5H2,1-3H3,(H2,10,13)(H,11,14). The van der Waals surface area contributed by atoms with Gasteiger partial charge >= 0.3 is 12.1 Å². The molecule has 7 nitrogen and oxygen atoms in total. The van der Waals surface area contributed by atoms with E-state index >= 15 is 0 Å². The Kier molecular flexibility index (Phi) is 3.70. The number of carbonyl (C=O) groups is 1. The number of rotatable bonds is 3. The molecule has 1 rings (SSSR count). The van der Waals surface area contributed by atoms with Crippen LogP contribution in [0.4, 0.5) is 10.8 Å². The zero-order chi connectivity index (χ0) is 12.2. The number of ether oxygens (including phenoxy) is 1. The number of nitrogens with zero attached hydrogens (tertiary/aromatic N) is 2. The molecule has 0 bridgehead atoms. The van der Waals surface area contributed by atoms with Gasteiger partial charge in [0.1, 0.15) is 5.60 Å². The number of aromatic nitrogens is 2. The number of hydrogen-bond acceptors (Lipinski definition) is 6. The smallest absolute Gasteiger partial charge is 0.407 e. The molecule has 7 heteroatoms. The number of alkyl carbamates (subject to hydrolysis) is 1. The predicted molar refractivity (Wildman–Crippen MR) is 56.7 cm³/mol. The third-order valence-electron chi connectivity index (χ3n) is 1.49. The number of nitrogens with two attached hydrogens (primary N) is 1. The summed E-state index contributed by atoms with van der Waals surface area (Å²) in [4.78, 5) is 11.2. The zero-order valence-electron chi connectivity index (χ0n) is 9.61. The van der Waals surface area contributed by atoms with Gasteiger partial charge in [0.15, 0.2) is 0 Å². The first kappa shape index (κ1) is 12.3. The molecular formula is C9H16N4O3. The predicted octanol–water partition coefficient (Wildman–Crippen LogP) is 0.719. The minimum Gasteiger partial charge on any atom is -0.444 e. The number of amides is 1. The average Bonchev–Trinajstić information content (AvgIpc) is 2.48. The summed E-state index contributed by atoms with van der Waals surface area (Å²) in [7, 11) is 0. The lowest BCUT2D eigenvalue weighted by molar-refractivity contribution is 0.0528. The second-order valence-electron chi connectivity index (χ2n) is 4.21. The van der Waals surface area contributed by atoms with Crippen molar-refractivity contribution in [1.82, 2.24) is 15.5 Å². The lowest BCUT2D eigenvalue weighted by Crippen LogP contribution is -2.33. The highest BCUT2D eigenvalue weighted by molar-refractivity contribution is 5.67. The van der Waals surface area contributed by atoms with Crippen molar-refractivity contribution in [3.63, 3.8) is 0 Å². The van der Waals surface area contributed by atoms with Gasteiger partial charge in [-0.2, -0.15) is 0 Å². The molecule has 3 N–H and O–H groups in total. The van der Waals surface area contributed by atoms with E-state index in [1.54, 1.807) is 20.8 Å². The molecule has 0 spiro atoms.